The summed E-state index contributed by atoms with van der Waals surface area (Å²) in [6.07, 6.45) is 4.06. The quantitative estimate of drug-likeness (QED) is 0.484. The van der Waals surface area contributed by atoms with Crippen molar-refractivity contribution in [3.8, 4) is 11.1 Å². The predicted molar refractivity (Wildman–Crippen MR) is 121 cm³/mol. The fourth-order valence-corrected chi connectivity index (χ4v) is 4.72. The lowest BCUT2D eigenvalue weighted by Gasteiger charge is -2.37. The van der Waals surface area contributed by atoms with E-state index >= 15 is 4.39 Å². The summed E-state index contributed by atoms with van der Waals surface area (Å²) in [4.78, 5) is 21.1. The molecule has 0 aliphatic rings. The fourth-order valence-electron chi connectivity index (χ4n) is 4.26. The van der Waals surface area contributed by atoms with Gasteiger partial charge in [-0.05, 0) is 45.7 Å². The monoisotopic (exact) mass is 476 g/mol. The Labute approximate surface area is 193 Å². The van der Waals surface area contributed by atoms with E-state index in [9.17, 15) is 13.4 Å². The third kappa shape index (κ3) is 5.06. The first-order valence-electron chi connectivity index (χ1n) is 10.2. The van der Waals surface area contributed by atoms with Crippen LogP contribution in [0.2, 0.25) is 0 Å². The van der Waals surface area contributed by atoms with E-state index in [1.807, 2.05) is 0 Å². The molecule has 33 heavy (non-hydrogen) atoms. The molecule has 2 aromatic heterocycles. The molecular formula is C23H26F2N4O3S. The van der Waals surface area contributed by atoms with Gasteiger partial charge >= 0.3 is 0 Å². The molecule has 176 valence electrons. The molecular weight excluding hydrogens is 450 g/mol. The molecule has 0 radical (unpaired) electrons. The molecule has 3 aromatic rings. The van der Waals surface area contributed by atoms with Crippen LogP contribution in [0.5, 0.6) is 0 Å². The average Bonchev–Trinajstić information content (AvgIpc) is 3.06. The molecule has 7 nitrogen and oxygen atoms in total. The Kier molecular flexibility index (Phi) is 6.90. The maximum absolute atomic E-state index is 15.2. The maximum atomic E-state index is 15.2. The summed E-state index contributed by atoms with van der Waals surface area (Å²) in [6.45, 7) is 8.30. The highest BCUT2D eigenvalue weighted by molar-refractivity contribution is 7.84. The van der Waals surface area contributed by atoms with Crippen LogP contribution in [0.4, 0.5) is 8.78 Å². The molecule has 0 spiro atoms. The van der Waals surface area contributed by atoms with Crippen molar-refractivity contribution in [1.82, 2.24) is 15.1 Å². The van der Waals surface area contributed by atoms with Crippen LogP contribution in [-0.4, -0.2) is 29.9 Å². The first kappa shape index (κ1) is 24.8. The summed E-state index contributed by atoms with van der Waals surface area (Å²) in [5, 5.41) is 9.53. The van der Waals surface area contributed by atoms with E-state index in [0.717, 1.165) is 6.07 Å². The molecule has 3 rings (SSSR count). The molecule has 0 bridgehead atoms. The van der Waals surface area contributed by atoms with Crippen molar-refractivity contribution in [2.75, 3.05) is 0 Å². The fraction of sp³-hybridized carbons (Fsp3) is 0.391. The van der Waals surface area contributed by atoms with Gasteiger partial charge in [0.05, 0.1) is 27.0 Å². The summed E-state index contributed by atoms with van der Waals surface area (Å²) < 4.78 is 46.3. The molecule has 0 saturated heterocycles. The first-order valence-corrected chi connectivity index (χ1v) is 11.4. The van der Waals surface area contributed by atoms with Crippen LogP contribution >= 0.6 is 0 Å². The van der Waals surface area contributed by atoms with Gasteiger partial charge in [-0.25, -0.2) is 23.0 Å². The van der Waals surface area contributed by atoms with E-state index in [1.54, 1.807) is 34.6 Å². The van der Waals surface area contributed by atoms with Gasteiger partial charge in [0.1, 0.15) is 23.7 Å². The number of nitrogens with two attached hydrogens (primary N) is 1. The van der Waals surface area contributed by atoms with Crippen molar-refractivity contribution in [3.05, 3.63) is 65.1 Å². The van der Waals surface area contributed by atoms with E-state index in [0.29, 0.717) is 22.6 Å². The minimum Gasteiger partial charge on any atom is -0.361 e. The summed E-state index contributed by atoms with van der Waals surface area (Å²) in [5.41, 5.74) is 0.0946. The van der Waals surface area contributed by atoms with Gasteiger partial charge in [0, 0.05) is 41.4 Å². The Bertz CT molecular complexity index is 1190. The minimum atomic E-state index is -1.77. The standard InChI is InChI=1S/C23H26F2N4O3S/c1-13-21(14(2)32-29-13)20(30)8-23(5,11-22(3,4)33(26)31)17-6-16(18(24)7-19(17)25)15-9-27-12-28-10-15/h6-7,9-10,12H,8,11,26H2,1-5H3/t23-,33?/m0/s1. The smallest absolute Gasteiger partial charge is 0.169 e. The number of aromatic nitrogens is 3. The zero-order chi connectivity index (χ0) is 24.6. The summed E-state index contributed by atoms with van der Waals surface area (Å²) in [5.74, 6) is -1.57. The number of halogens is 2. The predicted octanol–water partition coefficient (Wildman–Crippen LogP) is 4.35. The van der Waals surface area contributed by atoms with Crippen molar-refractivity contribution < 1.29 is 22.3 Å². The molecule has 0 aliphatic heterocycles. The number of Topliss-reactive ketones (excluding diaryl/α,β-unsaturated/α-hetero) is 1. The lowest BCUT2D eigenvalue weighted by atomic mass is 9.71. The molecule has 0 amide bonds. The largest absolute Gasteiger partial charge is 0.361 e. The van der Waals surface area contributed by atoms with Crippen molar-refractivity contribution >= 4 is 16.8 Å². The molecule has 1 aromatic carbocycles. The van der Waals surface area contributed by atoms with Crippen LogP contribution in [0.3, 0.4) is 0 Å². The molecule has 2 heterocycles. The number of carbonyl (C=O) groups excluding carboxylic acids is 1. The van der Waals surface area contributed by atoms with Gasteiger partial charge in [-0.15, -0.1) is 0 Å². The SMILES string of the molecule is Cc1noc(C)c1C(=O)C[C@@](C)(CC(C)(C)S(N)=O)c1cc(-c2cncnc2)c(F)cc1F. The second kappa shape index (κ2) is 9.18. The lowest BCUT2D eigenvalue weighted by molar-refractivity contribution is 0.0944. The van der Waals surface area contributed by atoms with Gasteiger partial charge in [0.2, 0.25) is 0 Å². The van der Waals surface area contributed by atoms with Crippen LogP contribution < -0.4 is 5.14 Å². The Hall–Kier alpha value is -2.85. The van der Waals surface area contributed by atoms with Gasteiger partial charge < -0.3 is 4.52 Å². The van der Waals surface area contributed by atoms with Gasteiger partial charge in [0.15, 0.2) is 5.78 Å². The number of ketones is 1. The highest BCUT2D eigenvalue weighted by Gasteiger charge is 2.41. The lowest BCUT2D eigenvalue weighted by Crippen LogP contribution is -2.41. The average molecular weight is 477 g/mol. The van der Waals surface area contributed by atoms with Gasteiger partial charge in [-0.3, -0.25) is 9.93 Å². The van der Waals surface area contributed by atoms with E-state index in [-0.39, 0.29) is 29.8 Å². The first-order chi connectivity index (χ1) is 15.4. The van der Waals surface area contributed by atoms with Gasteiger partial charge in [0.25, 0.3) is 0 Å². The second-order valence-corrected chi connectivity index (χ2v) is 10.7. The third-order valence-corrected chi connectivity index (χ3v) is 7.04. The minimum absolute atomic E-state index is 0.0888. The molecule has 2 atom stereocenters. The van der Waals surface area contributed by atoms with Crippen LogP contribution in [0.15, 0.2) is 35.4 Å². The van der Waals surface area contributed by atoms with E-state index < -0.39 is 32.8 Å². The van der Waals surface area contributed by atoms with E-state index in [1.165, 1.54) is 24.8 Å². The zero-order valence-electron chi connectivity index (χ0n) is 19.1. The Morgan fingerprint density at radius 3 is 2.30 bits per heavy atom. The molecule has 1 unspecified atom stereocenters. The zero-order valence-corrected chi connectivity index (χ0v) is 19.9. The van der Waals surface area contributed by atoms with E-state index in [2.05, 4.69) is 15.1 Å². The summed E-state index contributed by atoms with van der Waals surface area (Å²) >= 11 is 0. The maximum Gasteiger partial charge on any atom is 0.169 e. The molecule has 0 aliphatic carbocycles. The molecule has 2 N–H and O–H groups in total. The molecule has 0 saturated carbocycles. The number of aryl methyl sites for hydroxylation is 2. The van der Waals surface area contributed by atoms with E-state index in [4.69, 9.17) is 9.66 Å². The number of carbonyl (C=O) groups is 1. The second-order valence-electron chi connectivity index (χ2n) is 9.03. The van der Waals surface area contributed by atoms with Crippen LogP contribution in [0.25, 0.3) is 11.1 Å². The number of benzene rings is 1. The van der Waals surface area contributed by atoms with Crippen LogP contribution in [-0.2, 0) is 16.4 Å². The number of rotatable bonds is 8. The summed E-state index contributed by atoms with van der Waals surface area (Å²) in [6, 6.07) is 2.14. The molecule has 0 fully saturated rings. The summed E-state index contributed by atoms with van der Waals surface area (Å²) in [7, 11) is -1.77. The Morgan fingerprint density at radius 2 is 1.76 bits per heavy atom. The van der Waals surface area contributed by atoms with Crippen LogP contribution in [0, 0.1) is 25.5 Å². The topological polar surface area (TPSA) is 112 Å². The van der Waals surface area contributed by atoms with Gasteiger partial charge in [-0.1, -0.05) is 12.1 Å². The van der Waals surface area contributed by atoms with Gasteiger partial charge in [-0.2, -0.15) is 0 Å². The Morgan fingerprint density at radius 1 is 1.12 bits per heavy atom. The highest BCUT2D eigenvalue weighted by Crippen LogP contribution is 2.42. The molecule has 10 heteroatoms. The number of hydrogen-bond acceptors (Lipinski definition) is 6. The number of nitrogens with zero attached hydrogens (tertiary/aromatic N) is 3. The third-order valence-electron chi connectivity index (χ3n) is 5.80. The normalized spacial score (nSPS) is 14.7. The van der Waals surface area contributed by atoms with Crippen molar-refractivity contribution in [1.29, 1.82) is 0 Å². The van der Waals surface area contributed by atoms with Crippen molar-refractivity contribution in [2.45, 2.75) is 57.6 Å². The number of hydrogen-bond donors (Lipinski definition) is 1. The van der Waals surface area contributed by atoms with Crippen molar-refractivity contribution in [2.24, 2.45) is 5.14 Å². The van der Waals surface area contributed by atoms with Crippen molar-refractivity contribution in [3.63, 3.8) is 0 Å². The Balaban J connectivity index is 2.17. The van der Waals surface area contributed by atoms with Crippen LogP contribution in [0.1, 0.15) is 61.0 Å². The highest BCUT2D eigenvalue weighted by atomic mass is 32.2.